The first-order valence-electron chi connectivity index (χ1n) is 5.53. The molecule has 2 rings (SSSR count). The van der Waals surface area contributed by atoms with Crippen molar-refractivity contribution in [2.45, 2.75) is 6.61 Å². The average molecular weight is 296 g/mol. The van der Waals surface area contributed by atoms with Gasteiger partial charge in [-0.15, -0.1) is 0 Å². The predicted molar refractivity (Wildman–Crippen MR) is 78.1 cm³/mol. The maximum Gasteiger partial charge on any atom is 0.174 e. The molecule has 0 unspecified atom stereocenters. The highest BCUT2D eigenvalue weighted by Crippen LogP contribution is 2.28. The lowest BCUT2D eigenvalue weighted by Crippen LogP contribution is -2.09. The highest BCUT2D eigenvalue weighted by molar-refractivity contribution is 7.80. The molecule has 2 nitrogen and oxygen atoms in total. The number of nitrogens with two attached hydrogens (primary N) is 1. The maximum atomic E-state index is 13.5. The molecule has 0 spiro atoms. The van der Waals surface area contributed by atoms with Crippen LogP contribution in [0.3, 0.4) is 0 Å². The molecule has 0 amide bonds. The Morgan fingerprint density at radius 1 is 1.26 bits per heavy atom. The molecule has 0 aliphatic carbocycles. The van der Waals surface area contributed by atoms with E-state index in [9.17, 15) is 4.39 Å². The van der Waals surface area contributed by atoms with E-state index in [-0.39, 0.29) is 17.4 Å². The summed E-state index contributed by atoms with van der Waals surface area (Å²) in [6.07, 6.45) is 0. The molecule has 0 atom stereocenters. The van der Waals surface area contributed by atoms with Gasteiger partial charge in [-0.05, 0) is 23.8 Å². The van der Waals surface area contributed by atoms with Crippen LogP contribution >= 0.6 is 23.8 Å². The summed E-state index contributed by atoms with van der Waals surface area (Å²) < 4.78 is 18.9. The highest BCUT2D eigenvalue weighted by atomic mass is 35.5. The summed E-state index contributed by atoms with van der Waals surface area (Å²) in [5.74, 6) is -0.442. The van der Waals surface area contributed by atoms with Gasteiger partial charge in [-0.1, -0.05) is 48.1 Å². The summed E-state index contributed by atoms with van der Waals surface area (Å²) in [6.45, 7) is 0.192. The zero-order chi connectivity index (χ0) is 13.8. The molecule has 0 saturated carbocycles. The van der Waals surface area contributed by atoms with Crippen LogP contribution in [0.4, 0.5) is 4.39 Å². The molecule has 0 saturated heterocycles. The fourth-order valence-corrected chi connectivity index (χ4v) is 1.93. The molecule has 98 valence electrons. The van der Waals surface area contributed by atoms with E-state index in [0.717, 1.165) is 11.1 Å². The van der Waals surface area contributed by atoms with Crippen LogP contribution < -0.4 is 10.5 Å². The van der Waals surface area contributed by atoms with Gasteiger partial charge >= 0.3 is 0 Å². The van der Waals surface area contributed by atoms with Crippen molar-refractivity contribution in [2.24, 2.45) is 5.73 Å². The Bertz CT molecular complexity index is 598. The van der Waals surface area contributed by atoms with Crippen molar-refractivity contribution >= 4 is 28.8 Å². The van der Waals surface area contributed by atoms with E-state index < -0.39 is 5.82 Å². The molecule has 0 radical (unpaired) electrons. The third-order valence-electron chi connectivity index (χ3n) is 2.51. The fraction of sp³-hybridized carbons (Fsp3) is 0.0714. The number of rotatable bonds is 4. The molecule has 2 aromatic rings. The number of thiocarbonyl (C=S) groups is 1. The summed E-state index contributed by atoms with van der Waals surface area (Å²) in [5, 5.41) is 0.241. The quantitative estimate of drug-likeness (QED) is 0.874. The van der Waals surface area contributed by atoms with Crippen LogP contribution in [0.2, 0.25) is 5.02 Å². The van der Waals surface area contributed by atoms with Crippen molar-refractivity contribution in [3.63, 3.8) is 0 Å². The van der Waals surface area contributed by atoms with E-state index in [1.807, 2.05) is 18.2 Å². The van der Waals surface area contributed by atoms with Crippen molar-refractivity contribution in [2.75, 3.05) is 0 Å². The van der Waals surface area contributed by atoms with Crippen LogP contribution in [0.25, 0.3) is 0 Å². The smallest absolute Gasteiger partial charge is 0.174 e. The van der Waals surface area contributed by atoms with Crippen molar-refractivity contribution in [3.05, 3.63) is 64.4 Å². The molecule has 2 aromatic carbocycles. The van der Waals surface area contributed by atoms with E-state index in [1.165, 1.54) is 12.1 Å². The van der Waals surface area contributed by atoms with Gasteiger partial charge in [-0.25, -0.2) is 4.39 Å². The highest BCUT2D eigenvalue weighted by Gasteiger charge is 2.08. The number of para-hydroxylation sites is 1. The fourth-order valence-electron chi connectivity index (χ4n) is 1.59. The summed E-state index contributed by atoms with van der Waals surface area (Å²) >= 11 is 10.8. The Hall–Kier alpha value is -1.65. The van der Waals surface area contributed by atoms with Crippen molar-refractivity contribution in [1.29, 1.82) is 0 Å². The van der Waals surface area contributed by atoms with Crippen molar-refractivity contribution in [3.8, 4) is 5.75 Å². The average Bonchev–Trinajstić information content (AvgIpc) is 2.38. The minimum atomic E-state index is -0.488. The second kappa shape index (κ2) is 5.99. The molecule has 0 aliphatic heterocycles. The molecule has 0 aromatic heterocycles. The first-order chi connectivity index (χ1) is 9.08. The molecule has 0 aliphatic rings. The monoisotopic (exact) mass is 295 g/mol. The Labute approximate surface area is 120 Å². The first kappa shape index (κ1) is 13.8. The molecule has 0 heterocycles. The van der Waals surface area contributed by atoms with Gasteiger partial charge in [0.1, 0.15) is 11.6 Å². The van der Waals surface area contributed by atoms with Gasteiger partial charge < -0.3 is 10.5 Å². The van der Waals surface area contributed by atoms with Gasteiger partial charge in [0.15, 0.2) is 11.6 Å². The summed E-state index contributed by atoms with van der Waals surface area (Å²) in [4.78, 5) is 0.311. The third-order valence-corrected chi connectivity index (χ3v) is 3.05. The van der Waals surface area contributed by atoms with Gasteiger partial charge in [0.2, 0.25) is 0 Å². The third kappa shape index (κ3) is 3.43. The zero-order valence-electron chi connectivity index (χ0n) is 9.90. The minimum Gasteiger partial charge on any atom is -0.484 e. The molecule has 5 heteroatoms. The van der Waals surface area contributed by atoms with E-state index in [2.05, 4.69) is 0 Å². The second-order valence-corrected chi connectivity index (χ2v) is 4.75. The number of benzene rings is 2. The van der Waals surface area contributed by atoms with Crippen LogP contribution in [0.1, 0.15) is 11.1 Å². The Morgan fingerprint density at radius 2 is 2.00 bits per heavy atom. The van der Waals surface area contributed by atoms with Gasteiger partial charge in [0.25, 0.3) is 0 Å². The van der Waals surface area contributed by atoms with Crippen molar-refractivity contribution in [1.82, 2.24) is 0 Å². The standard InChI is InChI=1S/C14H11ClFNOS/c15-11-5-2-6-12(16)13(11)18-8-9-3-1-4-10(7-9)14(17)19/h1-7H,8H2,(H2,17,19). The first-order valence-corrected chi connectivity index (χ1v) is 6.32. The molecule has 0 fully saturated rings. The number of hydrogen-bond donors (Lipinski definition) is 1. The number of ether oxygens (including phenoxy) is 1. The molecular weight excluding hydrogens is 285 g/mol. The second-order valence-electron chi connectivity index (χ2n) is 3.90. The predicted octanol–water partition coefficient (Wildman–Crippen LogP) is 3.69. The van der Waals surface area contributed by atoms with E-state index in [0.29, 0.717) is 4.99 Å². The lowest BCUT2D eigenvalue weighted by molar-refractivity contribution is 0.290. The SMILES string of the molecule is NC(=S)c1cccc(COc2c(F)cccc2Cl)c1. The van der Waals surface area contributed by atoms with E-state index in [4.69, 9.17) is 34.3 Å². The largest absolute Gasteiger partial charge is 0.484 e. The number of hydrogen-bond acceptors (Lipinski definition) is 2. The van der Waals surface area contributed by atoms with Gasteiger partial charge in [0.05, 0.1) is 5.02 Å². The molecule has 2 N–H and O–H groups in total. The van der Waals surface area contributed by atoms with Crippen molar-refractivity contribution < 1.29 is 9.13 Å². The van der Waals surface area contributed by atoms with Crippen LogP contribution in [-0.4, -0.2) is 4.99 Å². The van der Waals surface area contributed by atoms with Gasteiger partial charge in [-0.2, -0.15) is 0 Å². The topological polar surface area (TPSA) is 35.2 Å². The summed E-state index contributed by atoms with van der Waals surface area (Å²) in [6, 6.07) is 11.7. The lowest BCUT2D eigenvalue weighted by Gasteiger charge is -2.09. The Kier molecular flexibility index (Phi) is 4.35. The Morgan fingerprint density at radius 3 is 2.68 bits per heavy atom. The minimum absolute atomic E-state index is 0.0462. The van der Waals surface area contributed by atoms with E-state index >= 15 is 0 Å². The Balaban J connectivity index is 2.15. The van der Waals surface area contributed by atoms with Crippen LogP contribution in [0.15, 0.2) is 42.5 Å². The van der Waals surface area contributed by atoms with Gasteiger partial charge in [0, 0.05) is 5.56 Å². The number of halogens is 2. The maximum absolute atomic E-state index is 13.5. The molecular formula is C14H11ClFNOS. The summed E-state index contributed by atoms with van der Waals surface area (Å²) in [5.41, 5.74) is 7.13. The van der Waals surface area contributed by atoms with Gasteiger partial charge in [-0.3, -0.25) is 0 Å². The normalized spacial score (nSPS) is 10.2. The summed E-state index contributed by atoms with van der Waals surface area (Å²) in [7, 11) is 0. The molecule has 19 heavy (non-hydrogen) atoms. The van der Waals surface area contributed by atoms with Crippen LogP contribution in [0, 0.1) is 5.82 Å². The molecule has 0 bridgehead atoms. The zero-order valence-corrected chi connectivity index (χ0v) is 11.5. The van der Waals surface area contributed by atoms with Crippen LogP contribution in [-0.2, 0) is 6.61 Å². The van der Waals surface area contributed by atoms with Crippen LogP contribution in [0.5, 0.6) is 5.75 Å². The lowest BCUT2D eigenvalue weighted by atomic mass is 10.1. The van der Waals surface area contributed by atoms with E-state index in [1.54, 1.807) is 12.1 Å².